The van der Waals surface area contributed by atoms with Gasteiger partial charge >= 0.3 is 7.82 Å². The van der Waals surface area contributed by atoms with Crippen LogP contribution in [0.4, 0.5) is 5.95 Å². The minimum absolute atomic E-state index is 0.0437. The lowest BCUT2D eigenvalue weighted by molar-refractivity contribution is -0.00476. The van der Waals surface area contributed by atoms with Gasteiger partial charge in [0.05, 0.1) is 20.0 Å². The van der Waals surface area contributed by atoms with Crippen LogP contribution in [0.25, 0.3) is 11.2 Å². The SMILES string of the molecule is COc1ccc(OP(=O)(O)OC[C@@H]2[C@@H](CO)C[C@H]2n2cnc3c(=O)[nH]c(N)nc32)cc1. The van der Waals surface area contributed by atoms with E-state index in [1.54, 1.807) is 16.7 Å². The van der Waals surface area contributed by atoms with Gasteiger partial charge in [-0.15, -0.1) is 0 Å². The van der Waals surface area contributed by atoms with Crippen LogP contribution in [0.5, 0.6) is 11.5 Å². The Kier molecular flexibility index (Phi) is 5.71. The Morgan fingerprint density at radius 3 is 2.71 bits per heavy atom. The summed E-state index contributed by atoms with van der Waals surface area (Å²) in [6.45, 7) is -0.277. The maximum Gasteiger partial charge on any atom is 0.527 e. The number of nitrogens with two attached hydrogens (primary N) is 1. The number of anilines is 1. The molecule has 0 amide bonds. The molecular formula is C18H22N5O7P. The number of nitrogens with zero attached hydrogens (tertiary/aromatic N) is 3. The number of nitrogen functional groups attached to an aromatic ring is 1. The number of nitrogens with one attached hydrogen (secondary N) is 1. The van der Waals surface area contributed by atoms with Gasteiger partial charge in [-0.25, -0.2) is 9.55 Å². The number of phosphoric ester groups is 1. The van der Waals surface area contributed by atoms with Crippen molar-refractivity contribution < 1.29 is 28.3 Å². The van der Waals surface area contributed by atoms with E-state index in [1.165, 1.54) is 25.6 Å². The van der Waals surface area contributed by atoms with Crippen molar-refractivity contribution in [2.24, 2.45) is 11.8 Å². The molecule has 0 spiro atoms. The first-order valence-electron chi connectivity index (χ1n) is 9.45. The number of fused-ring (bicyclic) bond motifs is 1. The van der Waals surface area contributed by atoms with Crippen molar-refractivity contribution >= 4 is 24.9 Å². The van der Waals surface area contributed by atoms with Crippen LogP contribution in [0.15, 0.2) is 35.4 Å². The molecule has 0 saturated heterocycles. The van der Waals surface area contributed by atoms with E-state index in [0.29, 0.717) is 17.8 Å². The third-order valence-corrected chi connectivity index (χ3v) is 6.31. The Morgan fingerprint density at radius 2 is 2.03 bits per heavy atom. The molecular weight excluding hydrogens is 429 g/mol. The maximum absolute atomic E-state index is 12.4. The first-order valence-corrected chi connectivity index (χ1v) is 10.9. The molecule has 0 bridgehead atoms. The van der Waals surface area contributed by atoms with Crippen LogP contribution in [0, 0.1) is 11.8 Å². The normalized spacial score (nSPS) is 22.6. The zero-order valence-corrected chi connectivity index (χ0v) is 17.4. The molecule has 166 valence electrons. The van der Waals surface area contributed by atoms with E-state index in [2.05, 4.69) is 15.0 Å². The number of ether oxygens (including phenoxy) is 1. The van der Waals surface area contributed by atoms with E-state index in [9.17, 15) is 19.4 Å². The van der Waals surface area contributed by atoms with E-state index >= 15 is 0 Å². The molecule has 0 radical (unpaired) electrons. The molecule has 1 saturated carbocycles. The highest BCUT2D eigenvalue weighted by atomic mass is 31.2. The molecule has 3 aromatic rings. The highest BCUT2D eigenvalue weighted by Crippen LogP contribution is 2.50. The van der Waals surface area contributed by atoms with Gasteiger partial charge in [-0.2, -0.15) is 4.98 Å². The number of aliphatic hydroxyl groups is 1. The van der Waals surface area contributed by atoms with Gasteiger partial charge in [0.15, 0.2) is 11.2 Å². The number of hydrogen-bond donors (Lipinski definition) is 4. The molecule has 1 aliphatic carbocycles. The zero-order valence-electron chi connectivity index (χ0n) is 16.5. The molecule has 1 unspecified atom stereocenters. The van der Waals surface area contributed by atoms with Gasteiger partial charge in [-0.3, -0.25) is 19.2 Å². The Labute approximate surface area is 176 Å². The summed E-state index contributed by atoms with van der Waals surface area (Å²) in [6, 6.07) is 5.89. The second-order valence-electron chi connectivity index (χ2n) is 7.22. The summed E-state index contributed by atoms with van der Waals surface area (Å²) in [7, 11) is -2.91. The maximum atomic E-state index is 12.4. The molecule has 2 heterocycles. The van der Waals surface area contributed by atoms with E-state index in [0.717, 1.165) is 0 Å². The number of H-pyrrole nitrogens is 1. The van der Waals surface area contributed by atoms with Crippen LogP contribution in [0.3, 0.4) is 0 Å². The highest BCUT2D eigenvalue weighted by Gasteiger charge is 2.44. The van der Waals surface area contributed by atoms with Crippen molar-refractivity contribution in [3.05, 3.63) is 40.9 Å². The average Bonchev–Trinajstić information content (AvgIpc) is 3.11. The number of benzene rings is 1. The second-order valence-corrected chi connectivity index (χ2v) is 8.59. The van der Waals surface area contributed by atoms with Crippen LogP contribution in [0.2, 0.25) is 0 Å². The molecule has 0 aliphatic heterocycles. The van der Waals surface area contributed by atoms with Gasteiger partial charge in [0, 0.05) is 18.6 Å². The third kappa shape index (κ3) is 4.28. The predicted octanol–water partition coefficient (Wildman–Crippen LogP) is 1.08. The Balaban J connectivity index is 1.48. The number of aromatic nitrogens is 4. The van der Waals surface area contributed by atoms with E-state index in [4.69, 9.17) is 19.5 Å². The van der Waals surface area contributed by atoms with E-state index in [1.807, 2.05) is 0 Å². The molecule has 5 N–H and O–H groups in total. The summed E-state index contributed by atoms with van der Waals surface area (Å²) < 4.78 is 29.4. The standard InChI is InChI=1S/C18H22N5O7P/c1-28-11-2-4-12(5-3-11)30-31(26,27)29-8-13-10(7-24)6-14(13)23-9-20-15-16(23)21-18(19)22-17(15)25/h2-5,9-10,13-14,24H,6-8H2,1H3,(H,26,27)(H3,19,21,22,25)/t10-,13-,14-/m1/s1. The van der Waals surface area contributed by atoms with Gasteiger partial charge in [0.2, 0.25) is 5.95 Å². The molecule has 1 aliphatic rings. The Bertz CT molecular complexity index is 1180. The molecule has 1 fully saturated rings. The third-order valence-electron chi connectivity index (χ3n) is 5.40. The molecule has 4 rings (SSSR count). The van der Waals surface area contributed by atoms with Crippen molar-refractivity contribution in [3.8, 4) is 11.5 Å². The van der Waals surface area contributed by atoms with Crippen molar-refractivity contribution in [2.45, 2.75) is 12.5 Å². The number of aliphatic hydroxyl groups excluding tert-OH is 1. The molecule has 31 heavy (non-hydrogen) atoms. The quantitative estimate of drug-likeness (QED) is 0.363. The molecule has 4 atom stereocenters. The van der Waals surface area contributed by atoms with E-state index in [-0.39, 0.29) is 48.3 Å². The fraction of sp³-hybridized carbons (Fsp3) is 0.389. The molecule has 13 heteroatoms. The Morgan fingerprint density at radius 1 is 1.32 bits per heavy atom. The van der Waals surface area contributed by atoms with Gasteiger partial charge in [-0.05, 0) is 36.6 Å². The predicted molar refractivity (Wildman–Crippen MR) is 110 cm³/mol. The fourth-order valence-electron chi connectivity index (χ4n) is 3.72. The minimum atomic E-state index is -4.41. The number of imidazole rings is 1. The van der Waals surface area contributed by atoms with Crippen LogP contribution < -0.4 is 20.6 Å². The summed E-state index contributed by atoms with van der Waals surface area (Å²) in [5.41, 5.74) is 5.62. The van der Waals surface area contributed by atoms with Crippen molar-refractivity contribution in [2.75, 3.05) is 26.1 Å². The number of aromatic amines is 1. The smallest absolute Gasteiger partial charge is 0.497 e. The summed E-state index contributed by atoms with van der Waals surface area (Å²) in [6.07, 6.45) is 2.02. The van der Waals surface area contributed by atoms with Crippen LogP contribution >= 0.6 is 7.82 Å². The van der Waals surface area contributed by atoms with Crippen molar-refractivity contribution in [3.63, 3.8) is 0 Å². The number of rotatable bonds is 8. The Hall–Kier alpha value is -2.92. The first-order chi connectivity index (χ1) is 14.8. The molecule has 2 aromatic heterocycles. The lowest BCUT2D eigenvalue weighted by Crippen LogP contribution is -2.43. The van der Waals surface area contributed by atoms with Gasteiger partial charge < -0.3 is 24.7 Å². The minimum Gasteiger partial charge on any atom is -0.497 e. The van der Waals surface area contributed by atoms with Gasteiger partial charge in [0.25, 0.3) is 5.56 Å². The summed E-state index contributed by atoms with van der Waals surface area (Å²) in [4.78, 5) is 32.7. The summed E-state index contributed by atoms with van der Waals surface area (Å²) >= 11 is 0. The van der Waals surface area contributed by atoms with Crippen LogP contribution in [-0.2, 0) is 9.09 Å². The van der Waals surface area contributed by atoms with E-state index < -0.39 is 13.4 Å². The van der Waals surface area contributed by atoms with Crippen molar-refractivity contribution in [1.29, 1.82) is 0 Å². The summed E-state index contributed by atoms with van der Waals surface area (Å²) in [5, 5.41) is 9.64. The summed E-state index contributed by atoms with van der Waals surface area (Å²) in [5.74, 6) is 0.185. The molecule has 12 nitrogen and oxygen atoms in total. The number of methoxy groups -OCH3 is 1. The first kappa shape index (κ1) is 21.3. The monoisotopic (exact) mass is 451 g/mol. The number of hydrogen-bond acceptors (Lipinski definition) is 9. The molecule has 1 aromatic carbocycles. The van der Waals surface area contributed by atoms with Crippen LogP contribution in [-0.4, -0.2) is 49.8 Å². The second kappa shape index (κ2) is 8.31. The van der Waals surface area contributed by atoms with Gasteiger partial charge in [0.1, 0.15) is 11.5 Å². The van der Waals surface area contributed by atoms with Crippen LogP contribution in [0.1, 0.15) is 12.5 Å². The lowest BCUT2D eigenvalue weighted by Gasteiger charge is -2.44. The average molecular weight is 451 g/mol. The topological polar surface area (TPSA) is 175 Å². The highest BCUT2D eigenvalue weighted by molar-refractivity contribution is 7.47. The largest absolute Gasteiger partial charge is 0.527 e. The van der Waals surface area contributed by atoms with Gasteiger partial charge in [-0.1, -0.05) is 0 Å². The number of phosphoric acid groups is 1. The fourth-order valence-corrected chi connectivity index (χ4v) is 4.52. The lowest BCUT2D eigenvalue weighted by atomic mass is 9.70. The zero-order chi connectivity index (χ0) is 22.2. The van der Waals surface area contributed by atoms with Crippen molar-refractivity contribution in [1.82, 2.24) is 19.5 Å².